The van der Waals surface area contributed by atoms with Crippen molar-refractivity contribution in [1.82, 2.24) is 9.03 Å². The van der Waals surface area contributed by atoms with E-state index in [1.165, 1.54) is 4.31 Å². The molecule has 6 heteroatoms. The highest BCUT2D eigenvalue weighted by molar-refractivity contribution is 14.1. The Balaban J connectivity index is 2.26. The van der Waals surface area contributed by atoms with Crippen LogP contribution in [0.4, 0.5) is 0 Å². The summed E-state index contributed by atoms with van der Waals surface area (Å²) in [6, 6.07) is 0. The maximum atomic E-state index is 11.6. The third-order valence-corrected chi connectivity index (χ3v) is 4.63. The molecule has 1 heterocycles. The largest absolute Gasteiger partial charge is 0.279 e. The number of nitrogens with one attached hydrogen (secondary N) is 1. The lowest BCUT2D eigenvalue weighted by Crippen LogP contribution is -2.39. The van der Waals surface area contributed by atoms with E-state index in [2.05, 4.69) is 27.3 Å². The first-order valence-corrected chi connectivity index (χ1v) is 7.94. The normalized spacial score (nSPS) is 18.9. The molecule has 0 unspecified atom stereocenters. The summed E-state index contributed by atoms with van der Waals surface area (Å²) in [4.78, 5) is 0. The molecule has 1 N–H and O–H groups in total. The Morgan fingerprint density at radius 2 is 1.86 bits per heavy atom. The molecule has 0 bridgehead atoms. The molecule has 0 aromatic heterocycles. The summed E-state index contributed by atoms with van der Waals surface area (Å²) in [6.45, 7) is 1.94. The van der Waals surface area contributed by atoms with Gasteiger partial charge in [0, 0.05) is 19.6 Å². The minimum atomic E-state index is -3.16. The molecular weight excluding hydrogens is 315 g/mol. The molecule has 0 amide bonds. The van der Waals surface area contributed by atoms with Gasteiger partial charge in [-0.1, -0.05) is 22.6 Å². The molecule has 1 fully saturated rings. The van der Waals surface area contributed by atoms with Gasteiger partial charge in [-0.15, -0.1) is 0 Å². The van der Waals surface area contributed by atoms with Gasteiger partial charge in [0.15, 0.2) is 0 Å². The maximum Gasteiger partial charge on any atom is 0.279 e. The van der Waals surface area contributed by atoms with Gasteiger partial charge in [0.1, 0.15) is 0 Å². The molecule has 0 aromatic rings. The third-order valence-electron chi connectivity index (χ3n) is 2.25. The van der Waals surface area contributed by atoms with Crippen molar-refractivity contribution >= 4 is 32.8 Å². The lowest BCUT2D eigenvalue weighted by Gasteiger charge is -2.15. The molecule has 0 saturated carbocycles. The van der Waals surface area contributed by atoms with Gasteiger partial charge in [0.05, 0.1) is 0 Å². The Kier molecular flexibility index (Phi) is 5.65. The van der Waals surface area contributed by atoms with Crippen molar-refractivity contribution in [2.24, 2.45) is 0 Å². The molecule has 0 radical (unpaired) electrons. The van der Waals surface area contributed by atoms with E-state index in [1.54, 1.807) is 0 Å². The summed E-state index contributed by atoms with van der Waals surface area (Å²) >= 11 is 2.30. The van der Waals surface area contributed by atoms with Crippen molar-refractivity contribution < 1.29 is 8.42 Å². The van der Waals surface area contributed by atoms with Gasteiger partial charge < -0.3 is 0 Å². The van der Waals surface area contributed by atoms with Crippen LogP contribution in [0.2, 0.25) is 0 Å². The Morgan fingerprint density at radius 3 is 2.43 bits per heavy atom. The van der Waals surface area contributed by atoms with Crippen molar-refractivity contribution in [2.45, 2.75) is 25.7 Å². The molecular formula is C8H17IN2O2S. The predicted octanol–water partition coefficient (Wildman–Crippen LogP) is 1.13. The van der Waals surface area contributed by atoms with Crippen LogP contribution in [0.15, 0.2) is 0 Å². The van der Waals surface area contributed by atoms with Gasteiger partial charge in [-0.2, -0.15) is 12.7 Å². The van der Waals surface area contributed by atoms with E-state index in [9.17, 15) is 8.42 Å². The van der Waals surface area contributed by atoms with E-state index < -0.39 is 10.2 Å². The smallest absolute Gasteiger partial charge is 0.202 e. The van der Waals surface area contributed by atoms with Crippen molar-refractivity contribution in [3.8, 4) is 0 Å². The highest BCUT2D eigenvalue weighted by Gasteiger charge is 2.24. The average Bonchev–Trinajstić information content (AvgIpc) is 2.65. The van der Waals surface area contributed by atoms with Crippen LogP contribution in [-0.2, 0) is 10.2 Å². The molecule has 84 valence electrons. The standard InChI is InChI=1S/C8H17IN2O2S/c9-5-1-2-6-10-14(12,13)11-7-3-4-8-11/h10H,1-8H2. The molecule has 0 atom stereocenters. The summed E-state index contributed by atoms with van der Waals surface area (Å²) in [6.07, 6.45) is 3.99. The number of halogens is 1. The van der Waals surface area contributed by atoms with Gasteiger partial charge in [-0.05, 0) is 30.1 Å². The SMILES string of the molecule is O=S(=O)(NCCCCI)N1CCCC1. The van der Waals surface area contributed by atoms with Gasteiger partial charge in [-0.25, -0.2) is 4.72 Å². The minimum absolute atomic E-state index is 0.571. The second-order valence-electron chi connectivity index (χ2n) is 3.40. The lowest BCUT2D eigenvalue weighted by atomic mass is 10.3. The summed E-state index contributed by atoms with van der Waals surface area (Å²) in [7, 11) is -3.16. The summed E-state index contributed by atoms with van der Waals surface area (Å²) < 4.78 is 28.5. The lowest BCUT2D eigenvalue weighted by molar-refractivity contribution is 0.464. The molecule has 1 aliphatic heterocycles. The molecule has 1 rings (SSSR count). The van der Waals surface area contributed by atoms with E-state index in [4.69, 9.17) is 0 Å². The summed E-state index contributed by atoms with van der Waals surface area (Å²) in [5.41, 5.74) is 0. The fourth-order valence-electron chi connectivity index (χ4n) is 1.44. The van der Waals surface area contributed by atoms with Crippen LogP contribution >= 0.6 is 22.6 Å². The number of rotatable bonds is 6. The van der Waals surface area contributed by atoms with Crippen LogP contribution in [0, 0.1) is 0 Å². The number of hydrogen-bond acceptors (Lipinski definition) is 2. The molecule has 0 aromatic carbocycles. The van der Waals surface area contributed by atoms with Crippen molar-refractivity contribution in [2.75, 3.05) is 24.1 Å². The Morgan fingerprint density at radius 1 is 1.21 bits per heavy atom. The van der Waals surface area contributed by atoms with Gasteiger partial charge >= 0.3 is 0 Å². The van der Waals surface area contributed by atoms with Crippen LogP contribution in [0.5, 0.6) is 0 Å². The zero-order chi connectivity index (χ0) is 10.4. The first kappa shape index (κ1) is 12.7. The zero-order valence-electron chi connectivity index (χ0n) is 8.21. The van der Waals surface area contributed by atoms with E-state index in [0.717, 1.165) is 30.1 Å². The second-order valence-corrected chi connectivity index (χ2v) is 6.24. The van der Waals surface area contributed by atoms with E-state index in [1.807, 2.05) is 0 Å². The number of nitrogens with zero attached hydrogens (tertiary/aromatic N) is 1. The van der Waals surface area contributed by atoms with Crippen LogP contribution in [0.1, 0.15) is 25.7 Å². The zero-order valence-corrected chi connectivity index (χ0v) is 11.2. The second kappa shape index (κ2) is 6.24. The third kappa shape index (κ3) is 4.00. The molecule has 1 aliphatic rings. The van der Waals surface area contributed by atoms with Crippen LogP contribution in [0.3, 0.4) is 0 Å². The highest BCUT2D eigenvalue weighted by atomic mass is 127. The quantitative estimate of drug-likeness (QED) is 0.450. The minimum Gasteiger partial charge on any atom is -0.202 e. The van der Waals surface area contributed by atoms with E-state index >= 15 is 0 Å². The Labute approximate surface area is 99.8 Å². The topological polar surface area (TPSA) is 49.4 Å². The van der Waals surface area contributed by atoms with Crippen LogP contribution in [-0.4, -0.2) is 36.8 Å². The van der Waals surface area contributed by atoms with Gasteiger partial charge in [0.25, 0.3) is 10.2 Å². The van der Waals surface area contributed by atoms with Gasteiger partial charge in [0.2, 0.25) is 0 Å². The summed E-state index contributed by atoms with van der Waals surface area (Å²) in [5, 5.41) is 0. The number of alkyl halides is 1. The Hall–Kier alpha value is 0.600. The van der Waals surface area contributed by atoms with E-state index in [-0.39, 0.29) is 0 Å². The van der Waals surface area contributed by atoms with Crippen molar-refractivity contribution in [1.29, 1.82) is 0 Å². The average molecular weight is 332 g/mol. The first-order valence-electron chi connectivity index (χ1n) is 4.97. The van der Waals surface area contributed by atoms with Crippen molar-refractivity contribution in [3.63, 3.8) is 0 Å². The van der Waals surface area contributed by atoms with Crippen molar-refractivity contribution in [3.05, 3.63) is 0 Å². The Bertz CT molecular complexity index is 250. The van der Waals surface area contributed by atoms with Crippen LogP contribution < -0.4 is 4.72 Å². The predicted molar refractivity (Wildman–Crippen MR) is 65.9 cm³/mol. The fraction of sp³-hybridized carbons (Fsp3) is 1.00. The first-order chi connectivity index (χ1) is 6.67. The molecule has 4 nitrogen and oxygen atoms in total. The molecule has 0 aliphatic carbocycles. The summed E-state index contributed by atoms with van der Waals surface area (Å²) in [5.74, 6) is 0. The number of hydrogen-bond donors (Lipinski definition) is 1. The molecule has 1 saturated heterocycles. The number of unbranched alkanes of at least 4 members (excludes halogenated alkanes) is 1. The monoisotopic (exact) mass is 332 g/mol. The molecule has 0 spiro atoms. The van der Waals surface area contributed by atoms with Crippen LogP contribution in [0.25, 0.3) is 0 Å². The maximum absolute atomic E-state index is 11.6. The molecule has 14 heavy (non-hydrogen) atoms. The highest BCUT2D eigenvalue weighted by Crippen LogP contribution is 2.10. The fourth-order valence-corrected chi connectivity index (χ4v) is 3.30. The van der Waals surface area contributed by atoms with E-state index in [0.29, 0.717) is 19.6 Å². The van der Waals surface area contributed by atoms with Gasteiger partial charge in [-0.3, -0.25) is 0 Å².